The van der Waals surface area contributed by atoms with Crippen molar-refractivity contribution in [3.63, 3.8) is 0 Å². The van der Waals surface area contributed by atoms with Gasteiger partial charge in [-0.15, -0.1) is 11.3 Å². The monoisotopic (exact) mass is 210 g/mol. The van der Waals surface area contributed by atoms with Crippen molar-refractivity contribution in [2.24, 2.45) is 0 Å². The molecule has 1 aromatic heterocycles. The van der Waals surface area contributed by atoms with E-state index in [9.17, 15) is 4.39 Å². The number of halogens is 1. The maximum Gasteiger partial charge on any atom is 0.131 e. The molecule has 0 aliphatic heterocycles. The van der Waals surface area contributed by atoms with Gasteiger partial charge in [-0.3, -0.25) is 0 Å². The summed E-state index contributed by atoms with van der Waals surface area (Å²) in [5, 5.41) is 1.14. The van der Waals surface area contributed by atoms with E-state index in [0.29, 0.717) is 0 Å². The Morgan fingerprint density at radius 1 is 1.21 bits per heavy atom. The first kappa shape index (κ1) is 11.2. The highest BCUT2D eigenvalue weighted by Gasteiger charge is 2.06. The summed E-state index contributed by atoms with van der Waals surface area (Å²) in [5.41, 5.74) is 0. The molecule has 0 bridgehead atoms. The third kappa shape index (κ3) is 2.32. The van der Waals surface area contributed by atoms with Gasteiger partial charge in [-0.2, -0.15) is 0 Å². The maximum atomic E-state index is 12.9. The molecule has 0 amide bonds. The van der Waals surface area contributed by atoms with E-state index >= 15 is 0 Å². The molecule has 76 valence electrons. The zero-order chi connectivity index (χ0) is 10.6. The van der Waals surface area contributed by atoms with Gasteiger partial charge in [0.15, 0.2) is 0 Å². The van der Waals surface area contributed by atoms with E-state index in [1.807, 2.05) is 44.2 Å². The highest BCUT2D eigenvalue weighted by Crippen LogP contribution is 2.30. The number of alkyl halides is 1. The largest absolute Gasteiger partial charge is 0.242 e. The number of benzene rings is 1. The van der Waals surface area contributed by atoms with Crippen molar-refractivity contribution in [2.75, 3.05) is 0 Å². The summed E-state index contributed by atoms with van der Waals surface area (Å²) in [6.07, 6.45) is -0.845. The normalized spacial score (nSPS) is 12.0. The third-order valence-corrected chi connectivity index (χ3v) is 3.11. The molecule has 14 heavy (non-hydrogen) atoms. The molecular weight excluding hydrogens is 195 g/mol. The van der Waals surface area contributed by atoms with Crippen LogP contribution in [-0.2, 0) is 0 Å². The van der Waals surface area contributed by atoms with E-state index < -0.39 is 6.17 Å². The van der Waals surface area contributed by atoms with Crippen molar-refractivity contribution in [3.8, 4) is 0 Å². The van der Waals surface area contributed by atoms with Crippen LogP contribution in [0.5, 0.6) is 0 Å². The summed E-state index contributed by atoms with van der Waals surface area (Å²) in [6, 6.07) is 9.90. The van der Waals surface area contributed by atoms with Crippen LogP contribution in [0.25, 0.3) is 10.1 Å². The summed E-state index contributed by atoms with van der Waals surface area (Å²) in [5.74, 6) is 0. The predicted octanol–water partition coefficient (Wildman–Crippen LogP) is 4.96. The Labute approximate surface area is 88.4 Å². The fourth-order valence-electron chi connectivity index (χ4n) is 1.20. The zero-order valence-corrected chi connectivity index (χ0v) is 9.57. The molecule has 0 saturated heterocycles. The summed E-state index contributed by atoms with van der Waals surface area (Å²) in [7, 11) is 0. The lowest BCUT2D eigenvalue weighted by Crippen LogP contribution is -1.74. The second-order valence-corrected chi connectivity index (χ2v) is 3.92. The number of rotatable bonds is 1. The standard InChI is InChI=1S/C10H9FS.C2H6/c1-7(11)10-6-8-4-2-3-5-9(8)12-10;1-2/h2-7H,1H3;1-2H3. The fourth-order valence-corrected chi connectivity index (χ4v) is 2.19. The van der Waals surface area contributed by atoms with Crippen LogP contribution in [0.1, 0.15) is 31.8 Å². The maximum absolute atomic E-state index is 12.9. The Kier molecular flexibility index (Phi) is 4.08. The zero-order valence-electron chi connectivity index (χ0n) is 8.75. The second-order valence-electron chi connectivity index (χ2n) is 2.80. The van der Waals surface area contributed by atoms with Crippen LogP contribution in [0.15, 0.2) is 30.3 Å². The quantitative estimate of drug-likeness (QED) is 0.624. The van der Waals surface area contributed by atoms with Gasteiger partial charge < -0.3 is 0 Å². The van der Waals surface area contributed by atoms with E-state index in [0.717, 1.165) is 15.0 Å². The Hall–Kier alpha value is -0.890. The SMILES string of the molecule is CC.CC(F)c1cc2ccccc2s1. The lowest BCUT2D eigenvalue weighted by atomic mass is 10.2. The lowest BCUT2D eigenvalue weighted by Gasteiger charge is -1.91. The predicted molar refractivity (Wildman–Crippen MR) is 62.7 cm³/mol. The van der Waals surface area contributed by atoms with Crippen LogP contribution in [-0.4, -0.2) is 0 Å². The molecule has 0 spiro atoms. The van der Waals surface area contributed by atoms with E-state index in [1.165, 1.54) is 11.3 Å². The summed E-state index contributed by atoms with van der Waals surface area (Å²) in [4.78, 5) is 0.816. The summed E-state index contributed by atoms with van der Waals surface area (Å²) >= 11 is 1.53. The highest BCUT2D eigenvalue weighted by molar-refractivity contribution is 7.19. The van der Waals surface area contributed by atoms with Gasteiger partial charge in [0.1, 0.15) is 6.17 Å². The van der Waals surface area contributed by atoms with Gasteiger partial charge in [-0.25, -0.2) is 4.39 Å². The van der Waals surface area contributed by atoms with Crippen LogP contribution in [0.3, 0.4) is 0 Å². The first-order valence-corrected chi connectivity index (χ1v) is 5.71. The van der Waals surface area contributed by atoms with Gasteiger partial charge in [-0.1, -0.05) is 32.0 Å². The van der Waals surface area contributed by atoms with Crippen LogP contribution in [0, 0.1) is 0 Å². The molecule has 1 unspecified atom stereocenters. The lowest BCUT2D eigenvalue weighted by molar-refractivity contribution is 0.380. The Balaban J connectivity index is 0.000000461. The van der Waals surface area contributed by atoms with Crippen molar-refractivity contribution in [2.45, 2.75) is 26.9 Å². The Morgan fingerprint density at radius 2 is 1.86 bits per heavy atom. The molecule has 2 rings (SSSR count). The molecule has 0 nitrogen and oxygen atoms in total. The van der Waals surface area contributed by atoms with Crippen LogP contribution in [0.2, 0.25) is 0 Å². The molecule has 2 heteroatoms. The fraction of sp³-hybridized carbons (Fsp3) is 0.333. The highest BCUT2D eigenvalue weighted by atomic mass is 32.1. The molecule has 1 heterocycles. The molecule has 0 aliphatic rings. The van der Waals surface area contributed by atoms with Gasteiger partial charge in [0, 0.05) is 9.58 Å². The summed E-state index contributed by atoms with van der Waals surface area (Å²) in [6.45, 7) is 5.57. The van der Waals surface area contributed by atoms with Gasteiger partial charge in [0.2, 0.25) is 0 Å². The minimum atomic E-state index is -0.845. The number of hydrogen-bond acceptors (Lipinski definition) is 1. The van der Waals surface area contributed by atoms with Crippen LogP contribution < -0.4 is 0 Å². The third-order valence-electron chi connectivity index (χ3n) is 1.84. The second kappa shape index (κ2) is 5.11. The Bertz CT molecular complexity index is 357. The van der Waals surface area contributed by atoms with Crippen molar-refractivity contribution in [1.82, 2.24) is 0 Å². The molecule has 1 aromatic carbocycles. The van der Waals surface area contributed by atoms with Gasteiger partial charge in [0.25, 0.3) is 0 Å². The first-order chi connectivity index (χ1) is 6.77. The minimum Gasteiger partial charge on any atom is -0.242 e. The van der Waals surface area contributed by atoms with Crippen LogP contribution in [0.4, 0.5) is 4.39 Å². The van der Waals surface area contributed by atoms with Gasteiger partial charge >= 0.3 is 0 Å². The van der Waals surface area contributed by atoms with E-state index in [2.05, 4.69) is 0 Å². The molecular formula is C12H15FS. The molecule has 0 radical (unpaired) electrons. The minimum absolute atomic E-state index is 0.816. The first-order valence-electron chi connectivity index (χ1n) is 4.90. The van der Waals surface area contributed by atoms with Gasteiger partial charge in [-0.05, 0) is 24.4 Å². The number of thiophene rings is 1. The topological polar surface area (TPSA) is 0 Å². The van der Waals surface area contributed by atoms with Crippen molar-refractivity contribution >= 4 is 21.4 Å². The Morgan fingerprint density at radius 3 is 2.43 bits per heavy atom. The van der Waals surface area contributed by atoms with Gasteiger partial charge in [0.05, 0.1) is 0 Å². The average Bonchev–Trinajstić information content (AvgIpc) is 2.64. The molecule has 0 aliphatic carbocycles. The van der Waals surface area contributed by atoms with E-state index in [4.69, 9.17) is 0 Å². The molecule has 0 N–H and O–H groups in total. The van der Waals surface area contributed by atoms with E-state index in [1.54, 1.807) is 6.92 Å². The molecule has 1 atom stereocenters. The van der Waals surface area contributed by atoms with Crippen molar-refractivity contribution < 1.29 is 4.39 Å². The number of fused-ring (bicyclic) bond motifs is 1. The van der Waals surface area contributed by atoms with E-state index in [-0.39, 0.29) is 0 Å². The molecule has 0 fully saturated rings. The van der Waals surface area contributed by atoms with Crippen LogP contribution >= 0.6 is 11.3 Å². The number of hydrogen-bond donors (Lipinski definition) is 0. The van der Waals surface area contributed by atoms with Crippen molar-refractivity contribution in [1.29, 1.82) is 0 Å². The summed E-state index contributed by atoms with van der Waals surface area (Å²) < 4.78 is 14.0. The smallest absolute Gasteiger partial charge is 0.131 e. The molecule has 2 aromatic rings. The molecule has 0 saturated carbocycles. The van der Waals surface area contributed by atoms with Crippen molar-refractivity contribution in [3.05, 3.63) is 35.2 Å². The average molecular weight is 210 g/mol.